The molecule has 0 saturated carbocycles. The second-order valence-electron chi connectivity index (χ2n) is 9.55. The lowest BCUT2D eigenvalue weighted by Gasteiger charge is -2.31. The Morgan fingerprint density at radius 2 is 1.71 bits per heavy atom. The van der Waals surface area contributed by atoms with Crippen molar-refractivity contribution in [1.82, 2.24) is 15.5 Å². The third-order valence-corrected chi connectivity index (χ3v) is 5.05. The maximum Gasteiger partial charge on any atom is 0.408 e. The first kappa shape index (κ1) is 29.5. The van der Waals surface area contributed by atoms with Crippen LogP contribution in [0.2, 0.25) is 0 Å². The molecule has 0 spiro atoms. The van der Waals surface area contributed by atoms with E-state index >= 15 is 0 Å². The molecule has 0 heterocycles. The number of carbonyl (C=O) groups excluding carboxylic acids is 4. The zero-order valence-corrected chi connectivity index (χ0v) is 21.5. The molecule has 4 amide bonds. The largest absolute Gasteiger partial charge is 0.444 e. The van der Waals surface area contributed by atoms with Crippen LogP contribution in [-0.4, -0.2) is 46.4 Å². The van der Waals surface area contributed by atoms with Crippen molar-refractivity contribution in [3.05, 3.63) is 35.4 Å². The lowest BCUT2D eigenvalue weighted by molar-refractivity contribution is -0.139. The van der Waals surface area contributed by atoms with Gasteiger partial charge in [-0.15, -0.1) is 0 Å². The van der Waals surface area contributed by atoms with Crippen LogP contribution < -0.4 is 16.4 Å². The van der Waals surface area contributed by atoms with Gasteiger partial charge in [-0.25, -0.2) is 4.79 Å². The number of nitrogens with one attached hydrogen (secondary N) is 2. The van der Waals surface area contributed by atoms with Gasteiger partial charge >= 0.3 is 6.09 Å². The van der Waals surface area contributed by atoms with Crippen molar-refractivity contribution in [2.24, 2.45) is 5.73 Å². The third-order valence-electron chi connectivity index (χ3n) is 5.05. The summed E-state index contributed by atoms with van der Waals surface area (Å²) in [6.45, 7) is 10.8. The topological polar surface area (TPSA) is 131 Å². The first-order valence-corrected chi connectivity index (χ1v) is 11.7. The highest BCUT2D eigenvalue weighted by Crippen LogP contribution is 2.23. The average molecular weight is 487 g/mol. The Bertz CT molecular complexity index is 931. The fourth-order valence-corrected chi connectivity index (χ4v) is 3.42. The molecule has 0 saturated heterocycles. The molecule has 9 nitrogen and oxygen atoms in total. The molecule has 3 unspecified atom stereocenters. The molecule has 0 aromatic heterocycles. The Hall–Kier alpha value is -3.54. The monoisotopic (exact) mass is 486 g/mol. The summed E-state index contributed by atoms with van der Waals surface area (Å²) in [7, 11) is 0. The molecular weight excluding hydrogens is 448 g/mol. The molecule has 0 aliphatic heterocycles. The number of terminal acetylenes is 1. The zero-order chi connectivity index (χ0) is 26.8. The molecule has 1 aromatic rings. The predicted molar refractivity (Wildman–Crippen MR) is 134 cm³/mol. The van der Waals surface area contributed by atoms with E-state index in [0.717, 1.165) is 23.3 Å². The molecular formula is C26H38N4O5. The lowest BCUT2D eigenvalue weighted by atomic mass is 10.0. The minimum absolute atomic E-state index is 0.111. The Morgan fingerprint density at radius 1 is 1.11 bits per heavy atom. The van der Waals surface area contributed by atoms with Crippen LogP contribution in [0.15, 0.2) is 24.3 Å². The van der Waals surface area contributed by atoms with Crippen molar-refractivity contribution in [2.45, 2.75) is 91.0 Å². The summed E-state index contributed by atoms with van der Waals surface area (Å²) in [5.41, 5.74) is 5.93. The number of rotatable bonds is 11. The summed E-state index contributed by atoms with van der Waals surface area (Å²) in [4.78, 5) is 51.7. The van der Waals surface area contributed by atoms with Crippen molar-refractivity contribution in [1.29, 1.82) is 0 Å². The Balaban J connectivity index is 3.36. The first-order chi connectivity index (χ1) is 16.3. The van der Waals surface area contributed by atoms with Gasteiger partial charge in [0.2, 0.25) is 11.8 Å². The van der Waals surface area contributed by atoms with E-state index in [4.69, 9.17) is 16.9 Å². The quantitative estimate of drug-likeness (QED) is 0.327. The van der Waals surface area contributed by atoms with Crippen LogP contribution in [0, 0.1) is 19.4 Å². The summed E-state index contributed by atoms with van der Waals surface area (Å²) < 4.78 is 5.26. The first-order valence-electron chi connectivity index (χ1n) is 11.7. The minimum atomic E-state index is -1.23. The number of primary amides is 1. The van der Waals surface area contributed by atoms with Crippen molar-refractivity contribution in [2.75, 3.05) is 0 Å². The van der Waals surface area contributed by atoms with Crippen molar-refractivity contribution in [3.63, 3.8) is 0 Å². The molecule has 0 bridgehead atoms. The number of nitrogens with zero attached hydrogens (tertiary/aromatic N) is 1. The van der Waals surface area contributed by atoms with E-state index in [2.05, 4.69) is 16.7 Å². The van der Waals surface area contributed by atoms with Gasteiger partial charge in [0, 0.05) is 18.5 Å². The number of amides is 4. The summed E-state index contributed by atoms with van der Waals surface area (Å²) in [5.74, 6) is -1.84. The molecule has 0 radical (unpaired) electrons. The van der Waals surface area contributed by atoms with Gasteiger partial charge in [0.05, 0.1) is 0 Å². The van der Waals surface area contributed by atoms with Crippen LogP contribution in [0.25, 0.3) is 0 Å². The summed E-state index contributed by atoms with van der Waals surface area (Å²) in [6.07, 6.45) is 6.20. The van der Waals surface area contributed by atoms with E-state index < -0.39 is 41.5 Å². The number of hydrogen-bond acceptors (Lipinski definition) is 5. The van der Waals surface area contributed by atoms with Gasteiger partial charge in [0.15, 0.2) is 0 Å². The normalized spacial score (nSPS) is 13.5. The van der Waals surface area contributed by atoms with Crippen LogP contribution in [0.4, 0.5) is 4.79 Å². The van der Waals surface area contributed by atoms with E-state index in [1.54, 1.807) is 32.9 Å². The Labute approximate surface area is 208 Å². The molecule has 35 heavy (non-hydrogen) atoms. The second kappa shape index (κ2) is 13.4. The number of ether oxygens (including phenoxy) is 1. The summed E-state index contributed by atoms with van der Waals surface area (Å²) in [5, 5.41) is 5.38. The van der Waals surface area contributed by atoms with Crippen molar-refractivity contribution in [3.8, 4) is 12.5 Å². The van der Waals surface area contributed by atoms with Gasteiger partial charge in [-0.2, -0.15) is 0 Å². The molecule has 0 aliphatic rings. The van der Waals surface area contributed by atoms with Crippen LogP contribution >= 0.6 is 0 Å². The number of carbonyl (C=O) groups is 4. The second-order valence-corrected chi connectivity index (χ2v) is 9.55. The highest BCUT2D eigenvalue weighted by atomic mass is 16.6. The van der Waals surface area contributed by atoms with E-state index in [9.17, 15) is 19.2 Å². The van der Waals surface area contributed by atoms with E-state index in [1.165, 1.54) is 0 Å². The van der Waals surface area contributed by atoms with Gasteiger partial charge < -0.3 is 21.1 Å². The number of aryl methyl sites for hydroxylation is 1. The maximum absolute atomic E-state index is 13.6. The van der Waals surface area contributed by atoms with Gasteiger partial charge in [0.1, 0.15) is 17.7 Å². The summed E-state index contributed by atoms with van der Waals surface area (Å²) in [6, 6.07) is 6.86. The van der Waals surface area contributed by atoms with E-state index in [1.807, 2.05) is 32.9 Å². The molecule has 4 N–H and O–H groups in total. The van der Waals surface area contributed by atoms with Crippen molar-refractivity contribution < 1.29 is 23.9 Å². The number of hydrogen-bond donors (Lipinski definition) is 3. The fraction of sp³-hybridized carbons (Fsp3) is 0.538. The third kappa shape index (κ3) is 10.1. The van der Waals surface area contributed by atoms with Crippen molar-refractivity contribution >= 4 is 23.8 Å². The molecule has 0 aliphatic carbocycles. The molecule has 1 rings (SSSR count). The van der Waals surface area contributed by atoms with Gasteiger partial charge in [-0.1, -0.05) is 49.6 Å². The number of nitrogens with two attached hydrogens (primary N) is 1. The van der Waals surface area contributed by atoms with E-state index in [-0.39, 0.29) is 18.9 Å². The highest BCUT2D eigenvalue weighted by Gasteiger charge is 2.36. The molecule has 3 atom stereocenters. The van der Waals surface area contributed by atoms with Gasteiger partial charge in [0.25, 0.3) is 5.91 Å². The Morgan fingerprint density at radius 3 is 2.20 bits per heavy atom. The fourth-order valence-electron chi connectivity index (χ4n) is 3.42. The smallest absolute Gasteiger partial charge is 0.408 e. The number of alkyl carbamates (subject to hydrolysis) is 1. The molecule has 9 heteroatoms. The highest BCUT2D eigenvalue weighted by molar-refractivity contribution is 5.93. The van der Waals surface area contributed by atoms with Crippen LogP contribution in [0.1, 0.15) is 77.5 Å². The average Bonchev–Trinajstić information content (AvgIpc) is 2.73. The molecule has 1 aromatic carbocycles. The maximum atomic E-state index is 13.6. The molecule has 0 fully saturated rings. The van der Waals surface area contributed by atoms with Gasteiger partial charge in [-0.05, 0) is 53.0 Å². The summed E-state index contributed by atoms with van der Waals surface area (Å²) >= 11 is 0. The van der Waals surface area contributed by atoms with Crippen LogP contribution in [-0.2, 0) is 19.1 Å². The lowest BCUT2D eigenvalue weighted by Crippen LogP contribution is -2.52. The Kier molecular flexibility index (Phi) is 11.3. The number of benzene rings is 1. The zero-order valence-electron chi connectivity index (χ0n) is 21.5. The SMILES string of the molecule is C#CN(C(=O)C(CCC(N)=O)NC(=O)OC(C)(C)C)C(C(=O)NC(C)CCC)c1ccc(C)cc1. The van der Waals surface area contributed by atoms with Crippen LogP contribution in [0.3, 0.4) is 0 Å². The molecule has 192 valence electrons. The van der Waals surface area contributed by atoms with Gasteiger partial charge in [-0.3, -0.25) is 19.3 Å². The minimum Gasteiger partial charge on any atom is -0.444 e. The predicted octanol–water partition coefficient (Wildman–Crippen LogP) is 2.92. The van der Waals surface area contributed by atoms with Crippen LogP contribution in [0.5, 0.6) is 0 Å². The standard InChI is InChI=1S/C26H38N4O5/c1-8-10-18(4)28-23(32)22(19-13-11-17(3)12-14-19)30(9-2)24(33)20(15-16-21(27)31)29-25(34)35-26(5,6)7/h2,11-14,18,20,22H,8,10,15-16H2,1,3-7H3,(H2,27,31)(H,28,32)(H,29,34). The van der Waals surface area contributed by atoms with E-state index in [0.29, 0.717) is 5.56 Å².